The van der Waals surface area contributed by atoms with E-state index in [1.54, 1.807) is 39.0 Å². The van der Waals surface area contributed by atoms with Crippen molar-refractivity contribution in [2.24, 2.45) is 0 Å². The Kier molecular flexibility index (Phi) is 8.96. The number of nitrogens with one attached hydrogen (secondary N) is 1. The Balaban J connectivity index is 2.47. The Morgan fingerprint density at radius 1 is 1.09 bits per heavy atom. The van der Waals surface area contributed by atoms with Crippen molar-refractivity contribution < 1.29 is 22.4 Å². The largest absolute Gasteiger partial charge is 0.350 e. The average Bonchev–Trinajstić information content (AvgIpc) is 2.69. The fourth-order valence-corrected chi connectivity index (χ4v) is 4.51. The van der Waals surface area contributed by atoms with Crippen molar-refractivity contribution in [3.05, 3.63) is 63.9 Å². The lowest BCUT2D eigenvalue weighted by molar-refractivity contribution is -0.140. The summed E-state index contributed by atoms with van der Waals surface area (Å²) < 4.78 is 39.5. The third kappa shape index (κ3) is 7.58. The monoisotopic (exact) mass is 531 g/mol. The Morgan fingerprint density at radius 2 is 1.65 bits per heavy atom. The number of sulfonamides is 1. The van der Waals surface area contributed by atoms with Crippen LogP contribution in [0.3, 0.4) is 0 Å². The number of rotatable bonds is 8. The Labute approximate surface area is 209 Å². The van der Waals surface area contributed by atoms with E-state index in [0.717, 1.165) is 22.7 Å². The van der Waals surface area contributed by atoms with Gasteiger partial charge in [-0.1, -0.05) is 35.3 Å². The molecule has 2 aromatic carbocycles. The first-order valence-corrected chi connectivity index (χ1v) is 13.0. The second-order valence-corrected chi connectivity index (χ2v) is 11.6. The van der Waals surface area contributed by atoms with Crippen molar-refractivity contribution in [2.45, 2.75) is 45.8 Å². The molecule has 0 saturated heterocycles. The molecule has 2 amide bonds. The normalized spacial score (nSPS) is 12.7. The fourth-order valence-electron chi connectivity index (χ4n) is 3.16. The number of carbonyl (C=O) groups is 2. The Morgan fingerprint density at radius 3 is 2.15 bits per heavy atom. The molecular weight excluding hydrogens is 504 g/mol. The molecule has 186 valence electrons. The van der Waals surface area contributed by atoms with Crippen molar-refractivity contribution in [3.8, 4) is 0 Å². The van der Waals surface area contributed by atoms with Crippen LogP contribution in [0.2, 0.25) is 10.0 Å². The molecule has 0 unspecified atom stereocenters. The van der Waals surface area contributed by atoms with Gasteiger partial charge in [0.25, 0.3) is 0 Å². The summed E-state index contributed by atoms with van der Waals surface area (Å²) in [5.74, 6) is -1.79. The zero-order chi connectivity index (χ0) is 25.8. The van der Waals surface area contributed by atoms with E-state index in [1.165, 1.54) is 24.0 Å². The summed E-state index contributed by atoms with van der Waals surface area (Å²) in [5, 5.41) is 3.39. The molecule has 0 aromatic heterocycles. The topological polar surface area (TPSA) is 86.8 Å². The third-order valence-corrected chi connectivity index (χ3v) is 6.68. The van der Waals surface area contributed by atoms with Crippen molar-refractivity contribution in [3.63, 3.8) is 0 Å². The third-order valence-electron chi connectivity index (χ3n) is 4.83. The number of carbonyl (C=O) groups excluding carboxylic acids is 2. The zero-order valence-corrected chi connectivity index (χ0v) is 21.9. The molecule has 2 aromatic rings. The van der Waals surface area contributed by atoms with Gasteiger partial charge in [-0.15, -0.1) is 0 Å². The molecule has 0 bridgehead atoms. The lowest BCUT2D eigenvalue weighted by atomic mass is 10.1. The molecule has 7 nitrogen and oxygen atoms in total. The van der Waals surface area contributed by atoms with Crippen LogP contribution in [0.25, 0.3) is 0 Å². The van der Waals surface area contributed by atoms with E-state index in [4.69, 9.17) is 23.2 Å². The van der Waals surface area contributed by atoms with E-state index < -0.39 is 45.8 Å². The summed E-state index contributed by atoms with van der Waals surface area (Å²) in [4.78, 5) is 27.6. The zero-order valence-electron chi connectivity index (χ0n) is 19.6. The first-order valence-electron chi connectivity index (χ1n) is 10.4. The summed E-state index contributed by atoms with van der Waals surface area (Å²) in [6.07, 6.45) is 0.913. The van der Waals surface area contributed by atoms with E-state index in [1.807, 2.05) is 0 Å². The highest BCUT2D eigenvalue weighted by atomic mass is 35.5. The van der Waals surface area contributed by atoms with Gasteiger partial charge in [0, 0.05) is 27.7 Å². The minimum Gasteiger partial charge on any atom is -0.350 e. The lowest BCUT2D eigenvalue weighted by Gasteiger charge is -2.33. The predicted octanol–water partition coefficient (Wildman–Crippen LogP) is 4.23. The Bertz CT molecular complexity index is 1150. The maximum atomic E-state index is 13.8. The molecule has 0 aliphatic carbocycles. The molecule has 2 rings (SSSR count). The van der Waals surface area contributed by atoms with Crippen LogP contribution in [-0.4, -0.2) is 49.5 Å². The van der Waals surface area contributed by atoms with Gasteiger partial charge in [0.15, 0.2) is 0 Å². The average molecular weight is 532 g/mol. The fraction of sp³-hybridized carbons (Fsp3) is 0.391. The van der Waals surface area contributed by atoms with Gasteiger partial charge in [0.2, 0.25) is 21.8 Å². The van der Waals surface area contributed by atoms with Crippen LogP contribution < -0.4 is 9.62 Å². The van der Waals surface area contributed by atoms with Gasteiger partial charge in [-0.25, -0.2) is 12.8 Å². The van der Waals surface area contributed by atoms with Crippen molar-refractivity contribution in [1.29, 1.82) is 0 Å². The van der Waals surface area contributed by atoms with Crippen molar-refractivity contribution >= 4 is 50.7 Å². The molecule has 1 atom stereocenters. The number of hydrogen-bond donors (Lipinski definition) is 1. The number of benzene rings is 2. The molecule has 34 heavy (non-hydrogen) atoms. The summed E-state index contributed by atoms with van der Waals surface area (Å²) >= 11 is 12.6. The summed E-state index contributed by atoms with van der Waals surface area (Å²) in [7, 11) is -3.96. The van der Waals surface area contributed by atoms with Crippen LogP contribution in [0, 0.1) is 5.82 Å². The highest BCUT2D eigenvalue weighted by Gasteiger charge is 2.32. The number of nitrogens with zero attached hydrogens (tertiary/aromatic N) is 2. The second kappa shape index (κ2) is 10.9. The van der Waals surface area contributed by atoms with Gasteiger partial charge >= 0.3 is 0 Å². The highest BCUT2D eigenvalue weighted by Crippen LogP contribution is 2.27. The SMILES string of the molecule is C[C@@H](C(=O)NC(C)(C)C)N(Cc1c(Cl)cccc1Cl)C(=O)CN(c1cccc(F)c1)S(C)(=O)=O. The minimum atomic E-state index is -3.96. The molecule has 0 radical (unpaired) electrons. The molecule has 1 N–H and O–H groups in total. The molecule has 0 fully saturated rings. The number of halogens is 3. The molecular formula is C23H28Cl2FN3O4S. The van der Waals surface area contributed by atoms with Crippen LogP contribution in [0.5, 0.6) is 0 Å². The van der Waals surface area contributed by atoms with Gasteiger partial charge in [-0.3, -0.25) is 13.9 Å². The quantitative estimate of drug-likeness (QED) is 0.552. The van der Waals surface area contributed by atoms with Crippen molar-refractivity contribution in [1.82, 2.24) is 10.2 Å². The van der Waals surface area contributed by atoms with Crippen molar-refractivity contribution in [2.75, 3.05) is 17.1 Å². The van der Waals surface area contributed by atoms with Gasteiger partial charge in [0.1, 0.15) is 18.4 Å². The molecule has 0 heterocycles. The molecule has 0 aliphatic rings. The smallest absolute Gasteiger partial charge is 0.244 e. The molecule has 0 aliphatic heterocycles. The predicted molar refractivity (Wildman–Crippen MR) is 133 cm³/mol. The van der Waals surface area contributed by atoms with Gasteiger partial charge in [-0.2, -0.15) is 0 Å². The molecule has 11 heteroatoms. The van der Waals surface area contributed by atoms with Crippen LogP contribution in [0.4, 0.5) is 10.1 Å². The standard InChI is InChI=1S/C23H28Cl2FN3O4S/c1-15(22(31)27-23(2,3)4)28(13-18-19(24)10-7-11-20(18)25)21(30)14-29(34(5,32)33)17-9-6-8-16(26)12-17/h6-12,15H,13-14H2,1-5H3,(H,27,31)/t15-/m0/s1. The van der Waals surface area contributed by atoms with E-state index in [9.17, 15) is 22.4 Å². The molecule has 0 saturated carbocycles. The first kappa shape index (κ1) is 27.9. The van der Waals surface area contributed by atoms with Crippen LogP contribution >= 0.6 is 23.2 Å². The highest BCUT2D eigenvalue weighted by molar-refractivity contribution is 7.92. The van der Waals surface area contributed by atoms with E-state index >= 15 is 0 Å². The minimum absolute atomic E-state index is 0.0154. The van der Waals surface area contributed by atoms with E-state index in [2.05, 4.69) is 5.32 Å². The summed E-state index contributed by atoms with van der Waals surface area (Å²) in [5.41, 5.74) is -0.174. The van der Waals surface area contributed by atoms with Gasteiger partial charge in [0.05, 0.1) is 11.9 Å². The maximum absolute atomic E-state index is 13.8. The number of hydrogen-bond acceptors (Lipinski definition) is 4. The Hall–Kier alpha value is -2.36. The first-order chi connectivity index (χ1) is 15.6. The molecule has 0 spiro atoms. The number of anilines is 1. The lowest BCUT2D eigenvalue weighted by Crippen LogP contribution is -2.54. The van der Waals surface area contributed by atoms with Crippen LogP contribution in [0.15, 0.2) is 42.5 Å². The van der Waals surface area contributed by atoms with Gasteiger partial charge in [-0.05, 0) is 58.0 Å². The number of amides is 2. The summed E-state index contributed by atoms with van der Waals surface area (Å²) in [6, 6.07) is 8.74. The van der Waals surface area contributed by atoms with Crippen LogP contribution in [-0.2, 0) is 26.2 Å². The second-order valence-electron chi connectivity index (χ2n) is 8.89. The van der Waals surface area contributed by atoms with E-state index in [0.29, 0.717) is 15.6 Å². The van der Waals surface area contributed by atoms with E-state index in [-0.39, 0.29) is 12.2 Å². The van der Waals surface area contributed by atoms with Gasteiger partial charge < -0.3 is 10.2 Å². The van der Waals surface area contributed by atoms with Crippen LogP contribution in [0.1, 0.15) is 33.3 Å². The maximum Gasteiger partial charge on any atom is 0.244 e. The summed E-state index contributed by atoms with van der Waals surface area (Å²) in [6.45, 7) is 6.11.